The molecule has 0 amide bonds. The maximum atomic E-state index is 14.0. The average molecular weight is 343 g/mol. The van der Waals surface area contributed by atoms with Crippen molar-refractivity contribution in [3.63, 3.8) is 0 Å². The summed E-state index contributed by atoms with van der Waals surface area (Å²) in [5.41, 5.74) is 2.00. The predicted octanol–water partition coefficient (Wildman–Crippen LogP) is 6.67. The second-order valence-electron chi connectivity index (χ2n) is 8.14. The molecular formula is C22H30FNO. The number of aliphatic hydroxyl groups excluding tert-OH is 1. The van der Waals surface area contributed by atoms with E-state index >= 15 is 0 Å². The number of hydrogen-bond donors (Lipinski definition) is 1. The van der Waals surface area contributed by atoms with E-state index in [1.807, 2.05) is 0 Å². The van der Waals surface area contributed by atoms with Gasteiger partial charge >= 0.3 is 0 Å². The highest BCUT2D eigenvalue weighted by atomic mass is 19.1. The molecule has 2 nitrogen and oxygen atoms in total. The summed E-state index contributed by atoms with van der Waals surface area (Å²) < 4.78 is 14.0. The lowest BCUT2D eigenvalue weighted by Gasteiger charge is -2.37. The summed E-state index contributed by atoms with van der Waals surface area (Å²) in [6, 6.07) is 1.75. The van der Waals surface area contributed by atoms with E-state index in [0.29, 0.717) is 6.42 Å². The van der Waals surface area contributed by atoms with Crippen LogP contribution in [0.15, 0.2) is 34.4 Å². The molecule has 0 unspecified atom stereocenters. The van der Waals surface area contributed by atoms with Crippen LogP contribution in [0.25, 0.3) is 0 Å². The molecular weight excluding hydrogens is 313 g/mol. The minimum atomic E-state index is -0.579. The van der Waals surface area contributed by atoms with E-state index in [1.165, 1.54) is 63.0 Å². The minimum absolute atomic E-state index is 0.110. The molecule has 2 saturated carbocycles. The van der Waals surface area contributed by atoms with E-state index in [2.05, 4.69) is 6.92 Å². The molecule has 0 aromatic carbocycles. The minimum Gasteiger partial charge on any atom is -0.510 e. The number of nitriles is 1. The molecule has 136 valence electrons. The van der Waals surface area contributed by atoms with Gasteiger partial charge < -0.3 is 5.11 Å². The summed E-state index contributed by atoms with van der Waals surface area (Å²) in [5, 5.41) is 18.8. The molecule has 3 aliphatic carbocycles. The summed E-state index contributed by atoms with van der Waals surface area (Å²) in [4.78, 5) is 0. The number of hydrogen-bond acceptors (Lipinski definition) is 2. The molecule has 25 heavy (non-hydrogen) atoms. The SMILES string of the molecule is CCCC1CCC(C2CCC(=C3C=C(F)C(C#N)=C(O)C3)CC2)CC1. The first-order chi connectivity index (χ1) is 12.1. The zero-order valence-electron chi connectivity index (χ0n) is 15.4. The van der Waals surface area contributed by atoms with Gasteiger partial charge in [0.2, 0.25) is 0 Å². The standard InChI is InChI=1S/C22H30FNO/c1-2-3-15-4-6-16(7-5-15)17-8-10-18(11-9-17)19-12-21(23)20(14-24)22(25)13-19/h12,15-17,25H,2-11,13H2,1H3. The van der Waals surface area contributed by atoms with E-state index in [0.717, 1.165) is 36.2 Å². The van der Waals surface area contributed by atoms with Gasteiger partial charge in [-0.15, -0.1) is 0 Å². The Morgan fingerprint density at radius 1 is 1.12 bits per heavy atom. The van der Waals surface area contributed by atoms with Crippen LogP contribution in [-0.2, 0) is 0 Å². The van der Waals surface area contributed by atoms with Crippen molar-refractivity contribution in [3.8, 4) is 6.07 Å². The van der Waals surface area contributed by atoms with Crippen LogP contribution in [0.1, 0.15) is 77.6 Å². The van der Waals surface area contributed by atoms with Crippen LogP contribution in [0.2, 0.25) is 0 Å². The largest absolute Gasteiger partial charge is 0.510 e. The van der Waals surface area contributed by atoms with Crippen LogP contribution in [-0.4, -0.2) is 5.11 Å². The van der Waals surface area contributed by atoms with Gasteiger partial charge in [0.25, 0.3) is 0 Å². The number of halogens is 1. The van der Waals surface area contributed by atoms with Gasteiger partial charge in [-0.2, -0.15) is 5.26 Å². The van der Waals surface area contributed by atoms with Gasteiger partial charge in [-0.1, -0.05) is 38.2 Å². The first-order valence-corrected chi connectivity index (χ1v) is 10.0. The molecule has 1 N–H and O–H groups in total. The highest BCUT2D eigenvalue weighted by Crippen LogP contribution is 2.43. The van der Waals surface area contributed by atoms with Crippen LogP contribution in [0, 0.1) is 29.1 Å². The van der Waals surface area contributed by atoms with Crippen LogP contribution in [0.5, 0.6) is 0 Å². The van der Waals surface area contributed by atoms with Gasteiger partial charge in [-0.05, 0) is 67.9 Å². The maximum absolute atomic E-state index is 14.0. The molecule has 3 heteroatoms. The molecule has 2 fully saturated rings. The fourth-order valence-corrected chi connectivity index (χ4v) is 5.17. The summed E-state index contributed by atoms with van der Waals surface area (Å²) in [5.74, 6) is 1.98. The Bertz CT molecular complexity index is 619. The lowest BCUT2D eigenvalue weighted by molar-refractivity contribution is 0.173. The van der Waals surface area contributed by atoms with Gasteiger partial charge in [0.1, 0.15) is 23.2 Å². The van der Waals surface area contributed by atoms with E-state index in [9.17, 15) is 9.50 Å². The van der Waals surface area contributed by atoms with Crippen molar-refractivity contribution in [2.45, 2.75) is 77.6 Å². The predicted molar refractivity (Wildman–Crippen MR) is 98.4 cm³/mol. The Balaban J connectivity index is 1.56. The van der Waals surface area contributed by atoms with Gasteiger partial charge in [0, 0.05) is 6.42 Å². The van der Waals surface area contributed by atoms with Crippen molar-refractivity contribution in [2.24, 2.45) is 17.8 Å². The number of aliphatic hydroxyl groups is 1. The molecule has 0 aromatic heterocycles. The Morgan fingerprint density at radius 2 is 1.76 bits per heavy atom. The van der Waals surface area contributed by atoms with Crippen LogP contribution < -0.4 is 0 Å². The van der Waals surface area contributed by atoms with Gasteiger partial charge in [-0.3, -0.25) is 0 Å². The van der Waals surface area contributed by atoms with Crippen molar-refractivity contribution < 1.29 is 9.50 Å². The third kappa shape index (κ3) is 4.17. The fraction of sp³-hybridized carbons (Fsp3) is 0.682. The molecule has 0 aromatic rings. The molecule has 0 heterocycles. The van der Waals surface area contributed by atoms with Gasteiger partial charge in [-0.25, -0.2) is 4.39 Å². The topological polar surface area (TPSA) is 44.0 Å². The van der Waals surface area contributed by atoms with Gasteiger partial charge in [0.05, 0.1) is 0 Å². The highest BCUT2D eigenvalue weighted by molar-refractivity contribution is 5.50. The second kappa shape index (κ2) is 8.21. The molecule has 3 rings (SSSR count). The van der Waals surface area contributed by atoms with E-state index in [1.54, 1.807) is 6.07 Å². The normalized spacial score (nSPS) is 30.9. The lowest BCUT2D eigenvalue weighted by Crippen LogP contribution is -2.24. The Hall–Kier alpha value is -1.56. The Morgan fingerprint density at radius 3 is 2.32 bits per heavy atom. The fourth-order valence-electron chi connectivity index (χ4n) is 5.17. The monoisotopic (exact) mass is 343 g/mol. The van der Waals surface area contributed by atoms with Crippen LogP contribution in [0.4, 0.5) is 4.39 Å². The first-order valence-electron chi connectivity index (χ1n) is 10.0. The average Bonchev–Trinajstić information content (AvgIpc) is 2.62. The third-order valence-corrected chi connectivity index (χ3v) is 6.64. The molecule has 0 aliphatic heterocycles. The third-order valence-electron chi connectivity index (χ3n) is 6.64. The Kier molecular flexibility index (Phi) is 5.99. The zero-order valence-corrected chi connectivity index (χ0v) is 15.4. The van der Waals surface area contributed by atoms with E-state index in [-0.39, 0.29) is 11.3 Å². The highest BCUT2D eigenvalue weighted by Gasteiger charge is 2.30. The summed E-state index contributed by atoms with van der Waals surface area (Å²) in [7, 11) is 0. The number of rotatable bonds is 3. The molecule has 0 atom stereocenters. The van der Waals surface area contributed by atoms with Crippen molar-refractivity contribution in [1.29, 1.82) is 5.26 Å². The molecule has 0 radical (unpaired) electrons. The molecule has 0 spiro atoms. The summed E-state index contributed by atoms with van der Waals surface area (Å²) in [6.07, 6.45) is 14.6. The van der Waals surface area contributed by atoms with Crippen molar-refractivity contribution in [1.82, 2.24) is 0 Å². The summed E-state index contributed by atoms with van der Waals surface area (Å²) in [6.45, 7) is 2.29. The van der Waals surface area contributed by atoms with Gasteiger partial charge in [0.15, 0.2) is 0 Å². The number of allylic oxidation sites excluding steroid dienone is 5. The smallest absolute Gasteiger partial charge is 0.144 e. The van der Waals surface area contributed by atoms with Crippen molar-refractivity contribution >= 4 is 0 Å². The van der Waals surface area contributed by atoms with Crippen LogP contribution in [0.3, 0.4) is 0 Å². The van der Waals surface area contributed by atoms with Crippen molar-refractivity contribution in [3.05, 3.63) is 34.4 Å². The zero-order chi connectivity index (χ0) is 17.8. The quantitative estimate of drug-likeness (QED) is 0.621. The lowest BCUT2D eigenvalue weighted by atomic mass is 9.69. The van der Waals surface area contributed by atoms with E-state index < -0.39 is 5.83 Å². The van der Waals surface area contributed by atoms with E-state index in [4.69, 9.17) is 5.26 Å². The first kappa shape index (κ1) is 18.2. The molecule has 3 aliphatic rings. The number of nitrogens with zero attached hydrogens (tertiary/aromatic N) is 1. The Labute approximate surface area is 151 Å². The molecule has 0 bridgehead atoms. The molecule has 0 saturated heterocycles. The van der Waals surface area contributed by atoms with Crippen molar-refractivity contribution in [2.75, 3.05) is 0 Å². The summed E-state index contributed by atoms with van der Waals surface area (Å²) >= 11 is 0. The maximum Gasteiger partial charge on any atom is 0.144 e. The van der Waals surface area contributed by atoms with Crippen LogP contribution >= 0.6 is 0 Å². The second-order valence-corrected chi connectivity index (χ2v) is 8.14.